The SMILES string of the molecule is O=C1C[C@]2(CCc3cc(C(=O)O)ccc3C2)CN1. The third-order valence-electron chi connectivity index (χ3n) is 4.14. The van der Waals surface area contributed by atoms with Crippen molar-refractivity contribution < 1.29 is 14.7 Å². The van der Waals surface area contributed by atoms with Crippen molar-refractivity contribution in [1.82, 2.24) is 5.32 Å². The molecule has 0 unspecified atom stereocenters. The Hall–Kier alpha value is -1.84. The van der Waals surface area contributed by atoms with Crippen LogP contribution in [0.2, 0.25) is 0 Å². The van der Waals surface area contributed by atoms with E-state index in [2.05, 4.69) is 5.32 Å². The fraction of sp³-hybridized carbons (Fsp3) is 0.429. The molecule has 0 radical (unpaired) electrons. The minimum atomic E-state index is -0.879. The molecule has 1 atom stereocenters. The topological polar surface area (TPSA) is 66.4 Å². The van der Waals surface area contributed by atoms with Crippen LogP contribution in [-0.2, 0) is 17.6 Å². The lowest BCUT2D eigenvalue weighted by Gasteiger charge is -2.33. The van der Waals surface area contributed by atoms with Crippen molar-refractivity contribution in [3.05, 3.63) is 34.9 Å². The monoisotopic (exact) mass is 245 g/mol. The van der Waals surface area contributed by atoms with Gasteiger partial charge in [0.1, 0.15) is 0 Å². The Labute approximate surface area is 105 Å². The Balaban J connectivity index is 1.90. The molecule has 4 nitrogen and oxygen atoms in total. The maximum Gasteiger partial charge on any atom is 0.335 e. The maximum atomic E-state index is 11.4. The predicted molar refractivity (Wildman–Crippen MR) is 65.5 cm³/mol. The molecule has 2 N–H and O–H groups in total. The quantitative estimate of drug-likeness (QED) is 0.785. The van der Waals surface area contributed by atoms with E-state index >= 15 is 0 Å². The van der Waals surface area contributed by atoms with Crippen molar-refractivity contribution in [2.45, 2.75) is 25.7 Å². The number of fused-ring (bicyclic) bond motifs is 1. The van der Waals surface area contributed by atoms with E-state index in [0.29, 0.717) is 12.0 Å². The van der Waals surface area contributed by atoms with Gasteiger partial charge in [-0.2, -0.15) is 0 Å². The molecule has 0 bridgehead atoms. The first-order valence-corrected chi connectivity index (χ1v) is 6.20. The summed E-state index contributed by atoms with van der Waals surface area (Å²) in [7, 11) is 0. The lowest BCUT2D eigenvalue weighted by molar-refractivity contribution is -0.119. The summed E-state index contributed by atoms with van der Waals surface area (Å²) >= 11 is 0. The van der Waals surface area contributed by atoms with Gasteiger partial charge in [-0.1, -0.05) is 6.07 Å². The third-order valence-corrected chi connectivity index (χ3v) is 4.14. The normalized spacial score (nSPS) is 25.9. The number of benzene rings is 1. The number of carbonyl (C=O) groups excluding carboxylic acids is 1. The smallest absolute Gasteiger partial charge is 0.335 e. The van der Waals surface area contributed by atoms with Crippen molar-refractivity contribution in [1.29, 1.82) is 0 Å². The van der Waals surface area contributed by atoms with E-state index in [1.54, 1.807) is 12.1 Å². The van der Waals surface area contributed by atoms with Gasteiger partial charge in [-0.05, 0) is 42.5 Å². The van der Waals surface area contributed by atoms with E-state index in [1.807, 2.05) is 6.07 Å². The molecule has 4 heteroatoms. The van der Waals surface area contributed by atoms with E-state index in [9.17, 15) is 9.59 Å². The minimum absolute atomic E-state index is 0.0643. The van der Waals surface area contributed by atoms with Crippen LogP contribution in [0.4, 0.5) is 0 Å². The van der Waals surface area contributed by atoms with Crippen LogP contribution in [-0.4, -0.2) is 23.5 Å². The summed E-state index contributed by atoms with van der Waals surface area (Å²) < 4.78 is 0. The van der Waals surface area contributed by atoms with E-state index in [4.69, 9.17) is 5.11 Å². The Morgan fingerprint density at radius 3 is 2.78 bits per heavy atom. The van der Waals surface area contributed by atoms with Crippen molar-refractivity contribution in [3.63, 3.8) is 0 Å². The molecule has 94 valence electrons. The van der Waals surface area contributed by atoms with Crippen LogP contribution in [0.15, 0.2) is 18.2 Å². The average molecular weight is 245 g/mol. The van der Waals surface area contributed by atoms with Gasteiger partial charge in [0, 0.05) is 18.4 Å². The zero-order valence-corrected chi connectivity index (χ0v) is 10.0. The highest BCUT2D eigenvalue weighted by Crippen LogP contribution is 2.40. The first kappa shape index (κ1) is 11.3. The summed E-state index contributed by atoms with van der Waals surface area (Å²) in [4.78, 5) is 22.3. The first-order chi connectivity index (χ1) is 8.58. The standard InChI is InChI=1S/C14H15NO3/c16-12-7-14(8-15-12)4-3-9-5-10(13(17)18)1-2-11(9)6-14/h1-2,5H,3-4,6-8H2,(H,15,16)(H,17,18)/t14-/m1/s1. The molecule has 1 aliphatic heterocycles. The lowest BCUT2D eigenvalue weighted by Crippen LogP contribution is -2.31. The molecule has 1 aromatic carbocycles. The Morgan fingerprint density at radius 1 is 1.28 bits per heavy atom. The van der Waals surface area contributed by atoms with Gasteiger partial charge in [0.2, 0.25) is 5.91 Å². The summed E-state index contributed by atoms with van der Waals surface area (Å²) in [5, 5.41) is 11.9. The zero-order chi connectivity index (χ0) is 12.8. The fourth-order valence-electron chi connectivity index (χ4n) is 3.11. The van der Waals surface area contributed by atoms with Gasteiger partial charge in [-0.25, -0.2) is 4.79 Å². The van der Waals surface area contributed by atoms with Crippen molar-refractivity contribution >= 4 is 11.9 Å². The number of carboxylic acids is 1. The van der Waals surface area contributed by atoms with Crippen LogP contribution < -0.4 is 5.32 Å². The molecule has 0 saturated carbocycles. The largest absolute Gasteiger partial charge is 0.478 e. The Morgan fingerprint density at radius 2 is 2.11 bits per heavy atom. The van der Waals surface area contributed by atoms with Crippen LogP contribution in [0.1, 0.15) is 34.3 Å². The second-order valence-corrected chi connectivity index (χ2v) is 5.42. The molecule has 1 heterocycles. The Bertz CT molecular complexity index is 538. The molecule has 2 aliphatic rings. The van der Waals surface area contributed by atoms with Gasteiger partial charge in [-0.15, -0.1) is 0 Å². The summed E-state index contributed by atoms with van der Waals surface area (Å²) in [6, 6.07) is 5.33. The van der Waals surface area contributed by atoms with E-state index < -0.39 is 5.97 Å². The number of aromatic carboxylic acids is 1. The predicted octanol–water partition coefficient (Wildman–Crippen LogP) is 1.38. The lowest BCUT2D eigenvalue weighted by atomic mass is 9.71. The van der Waals surface area contributed by atoms with E-state index in [1.165, 1.54) is 5.56 Å². The number of nitrogens with one attached hydrogen (secondary N) is 1. The number of carbonyl (C=O) groups is 2. The highest BCUT2D eigenvalue weighted by molar-refractivity contribution is 5.88. The van der Waals surface area contributed by atoms with Crippen LogP contribution in [0.5, 0.6) is 0 Å². The summed E-state index contributed by atoms with van der Waals surface area (Å²) in [5.41, 5.74) is 2.74. The average Bonchev–Trinajstić information content (AvgIpc) is 2.69. The van der Waals surface area contributed by atoms with Gasteiger partial charge in [-0.3, -0.25) is 4.79 Å². The number of rotatable bonds is 1. The highest BCUT2D eigenvalue weighted by Gasteiger charge is 2.40. The van der Waals surface area contributed by atoms with Gasteiger partial charge >= 0.3 is 5.97 Å². The molecule has 1 saturated heterocycles. The van der Waals surface area contributed by atoms with Crippen molar-refractivity contribution in [2.75, 3.05) is 6.54 Å². The third kappa shape index (κ3) is 1.78. The summed E-state index contributed by atoms with van der Waals surface area (Å²) in [6.07, 6.45) is 3.31. The van der Waals surface area contributed by atoms with Gasteiger partial charge in [0.05, 0.1) is 5.56 Å². The first-order valence-electron chi connectivity index (χ1n) is 6.20. The molecular formula is C14H15NO3. The van der Waals surface area contributed by atoms with Gasteiger partial charge < -0.3 is 10.4 Å². The number of hydrogen-bond acceptors (Lipinski definition) is 2. The molecule has 1 aromatic rings. The molecule has 3 rings (SSSR count). The van der Waals surface area contributed by atoms with Crippen LogP contribution >= 0.6 is 0 Å². The molecule has 1 fully saturated rings. The van der Waals surface area contributed by atoms with Crippen LogP contribution in [0, 0.1) is 5.41 Å². The fourth-order valence-corrected chi connectivity index (χ4v) is 3.11. The van der Waals surface area contributed by atoms with Crippen LogP contribution in [0.25, 0.3) is 0 Å². The Kier molecular flexibility index (Phi) is 2.40. The number of carboxylic acid groups (broad SMARTS) is 1. The van der Waals surface area contributed by atoms with Crippen molar-refractivity contribution in [2.24, 2.45) is 5.41 Å². The number of hydrogen-bond donors (Lipinski definition) is 2. The highest BCUT2D eigenvalue weighted by atomic mass is 16.4. The van der Waals surface area contributed by atoms with Crippen LogP contribution in [0.3, 0.4) is 0 Å². The molecule has 1 amide bonds. The zero-order valence-electron chi connectivity index (χ0n) is 10.0. The minimum Gasteiger partial charge on any atom is -0.478 e. The number of aryl methyl sites for hydroxylation is 1. The maximum absolute atomic E-state index is 11.4. The molecule has 1 aliphatic carbocycles. The molecule has 1 spiro atoms. The summed E-state index contributed by atoms with van der Waals surface area (Å²) in [6.45, 7) is 0.756. The van der Waals surface area contributed by atoms with E-state index in [0.717, 1.165) is 31.4 Å². The second-order valence-electron chi connectivity index (χ2n) is 5.42. The van der Waals surface area contributed by atoms with Gasteiger partial charge in [0.15, 0.2) is 0 Å². The number of amides is 1. The van der Waals surface area contributed by atoms with E-state index in [-0.39, 0.29) is 11.3 Å². The molecule has 18 heavy (non-hydrogen) atoms. The molecular weight excluding hydrogens is 230 g/mol. The van der Waals surface area contributed by atoms with Gasteiger partial charge in [0.25, 0.3) is 0 Å². The summed E-state index contributed by atoms with van der Waals surface area (Å²) in [5.74, 6) is -0.739. The van der Waals surface area contributed by atoms with Crippen molar-refractivity contribution in [3.8, 4) is 0 Å². The second kappa shape index (κ2) is 3.83. The molecule has 0 aromatic heterocycles.